The highest BCUT2D eigenvalue weighted by molar-refractivity contribution is 7.99. The summed E-state index contributed by atoms with van der Waals surface area (Å²) < 4.78 is 13.3. The third kappa shape index (κ3) is 4.81. The second-order valence-corrected chi connectivity index (χ2v) is 5.06. The first-order valence-corrected chi connectivity index (χ1v) is 6.35. The van der Waals surface area contributed by atoms with Crippen LogP contribution in [0.15, 0.2) is 41.3 Å². The highest BCUT2D eigenvalue weighted by atomic mass is 32.2. The zero-order valence-corrected chi connectivity index (χ0v) is 10.4. The van der Waals surface area contributed by atoms with Gasteiger partial charge in [-0.2, -0.15) is 0 Å². The lowest BCUT2D eigenvalue weighted by atomic mass is 10.1. The Balaban J connectivity index is 2.34. The zero-order chi connectivity index (χ0) is 12.0. The molecular formula is C13H18FNS. The molecule has 1 aromatic rings. The standard InChI is InChI=1S/C13H18FNS/c1-10(2)7-8-11(15)9-16-13-6-4-3-5-12(13)14/h3-6,11H,1,7-9,15H2,2H3. The molecule has 16 heavy (non-hydrogen) atoms. The SMILES string of the molecule is C=C(C)CCC(N)CSc1ccccc1F. The van der Waals surface area contributed by atoms with Crippen LogP contribution >= 0.6 is 11.8 Å². The topological polar surface area (TPSA) is 26.0 Å². The number of thioether (sulfide) groups is 1. The molecule has 0 aromatic heterocycles. The van der Waals surface area contributed by atoms with E-state index in [4.69, 9.17) is 5.73 Å². The van der Waals surface area contributed by atoms with Crippen molar-refractivity contribution in [3.05, 3.63) is 42.2 Å². The summed E-state index contributed by atoms with van der Waals surface area (Å²) in [4.78, 5) is 0.674. The molecule has 1 nitrogen and oxygen atoms in total. The summed E-state index contributed by atoms with van der Waals surface area (Å²) in [5, 5.41) is 0. The van der Waals surface area contributed by atoms with Gasteiger partial charge in [-0.1, -0.05) is 17.7 Å². The van der Waals surface area contributed by atoms with E-state index >= 15 is 0 Å². The fourth-order valence-electron chi connectivity index (χ4n) is 1.27. The molecule has 0 saturated carbocycles. The largest absolute Gasteiger partial charge is 0.327 e. The maximum absolute atomic E-state index is 13.3. The van der Waals surface area contributed by atoms with Crippen LogP contribution in [0.2, 0.25) is 0 Å². The van der Waals surface area contributed by atoms with Crippen molar-refractivity contribution in [2.45, 2.75) is 30.7 Å². The van der Waals surface area contributed by atoms with Crippen LogP contribution in [0.25, 0.3) is 0 Å². The van der Waals surface area contributed by atoms with E-state index in [0.29, 0.717) is 4.90 Å². The molecule has 0 bridgehead atoms. The van der Waals surface area contributed by atoms with Gasteiger partial charge < -0.3 is 5.73 Å². The molecule has 1 unspecified atom stereocenters. The minimum atomic E-state index is -0.167. The molecule has 0 aliphatic carbocycles. The Labute approximate surface area is 101 Å². The summed E-state index contributed by atoms with van der Waals surface area (Å²) in [5.74, 6) is 0.577. The Bertz CT molecular complexity index is 352. The summed E-state index contributed by atoms with van der Waals surface area (Å²) in [6.45, 7) is 5.83. The second-order valence-electron chi connectivity index (χ2n) is 4.00. The third-order valence-electron chi connectivity index (χ3n) is 2.23. The smallest absolute Gasteiger partial charge is 0.136 e. The molecule has 3 heteroatoms. The Morgan fingerprint density at radius 3 is 2.81 bits per heavy atom. The van der Waals surface area contributed by atoms with E-state index in [9.17, 15) is 4.39 Å². The highest BCUT2D eigenvalue weighted by Gasteiger charge is 2.06. The molecule has 0 aliphatic rings. The van der Waals surface area contributed by atoms with E-state index in [0.717, 1.165) is 24.2 Å². The number of halogens is 1. The van der Waals surface area contributed by atoms with Crippen LogP contribution in [0.3, 0.4) is 0 Å². The van der Waals surface area contributed by atoms with Crippen molar-refractivity contribution in [2.24, 2.45) is 5.73 Å². The Hall–Kier alpha value is -0.800. The van der Waals surface area contributed by atoms with Crippen LogP contribution in [0.4, 0.5) is 4.39 Å². The first-order valence-electron chi connectivity index (χ1n) is 5.37. The van der Waals surface area contributed by atoms with Crippen LogP contribution in [0.1, 0.15) is 19.8 Å². The van der Waals surface area contributed by atoms with Crippen molar-refractivity contribution in [1.82, 2.24) is 0 Å². The van der Waals surface area contributed by atoms with Crippen LogP contribution in [0, 0.1) is 5.82 Å². The van der Waals surface area contributed by atoms with Crippen molar-refractivity contribution in [3.8, 4) is 0 Å². The number of allylic oxidation sites excluding steroid dienone is 1. The molecule has 88 valence electrons. The lowest BCUT2D eigenvalue weighted by Crippen LogP contribution is -2.22. The first kappa shape index (κ1) is 13.3. The number of nitrogens with two attached hydrogens (primary N) is 1. The van der Waals surface area contributed by atoms with E-state index < -0.39 is 0 Å². The molecule has 1 aromatic carbocycles. The normalized spacial score (nSPS) is 12.4. The highest BCUT2D eigenvalue weighted by Crippen LogP contribution is 2.22. The van der Waals surface area contributed by atoms with Gasteiger partial charge in [0.15, 0.2) is 0 Å². The monoisotopic (exact) mass is 239 g/mol. The van der Waals surface area contributed by atoms with Crippen LogP contribution in [-0.2, 0) is 0 Å². The quantitative estimate of drug-likeness (QED) is 0.606. The van der Waals surface area contributed by atoms with Gasteiger partial charge in [0, 0.05) is 16.7 Å². The van der Waals surface area contributed by atoms with Crippen molar-refractivity contribution in [2.75, 3.05) is 5.75 Å². The summed E-state index contributed by atoms with van der Waals surface area (Å²) >= 11 is 1.48. The minimum Gasteiger partial charge on any atom is -0.327 e. The first-order chi connectivity index (χ1) is 7.59. The molecule has 0 saturated heterocycles. The predicted octanol–water partition coefficient (Wildman–Crippen LogP) is 3.60. The number of hydrogen-bond donors (Lipinski definition) is 1. The van der Waals surface area contributed by atoms with E-state index in [1.165, 1.54) is 17.8 Å². The van der Waals surface area contributed by atoms with Gasteiger partial charge in [0.1, 0.15) is 5.82 Å². The Morgan fingerprint density at radius 2 is 2.19 bits per heavy atom. The molecule has 0 aliphatic heterocycles. The van der Waals surface area contributed by atoms with Gasteiger partial charge in [-0.05, 0) is 31.9 Å². The van der Waals surface area contributed by atoms with Gasteiger partial charge in [-0.25, -0.2) is 4.39 Å². The van der Waals surface area contributed by atoms with Crippen molar-refractivity contribution >= 4 is 11.8 Å². The summed E-state index contributed by atoms with van der Waals surface area (Å²) in [7, 11) is 0. The number of benzene rings is 1. The van der Waals surface area contributed by atoms with Gasteiger partial charge in [-0.3, -0.25) is 0 Å². The van der Waals surface area contributed by atoms with E-state index in [2.05, 4.69) is 6.58 Å². The maximum Gasteiger partial charge on any atom is 0.136 e. The van der Waals surface area contributed by atoms with Crippen molar-refractivity contribution in [3.63, 3.8) is 0 Å². The maximum atomic E-state index is 13.3. The van der Waals surface area contributed by atoms with E-state index in [1.807, 2.05) is 13.0 Å². The molecule has 1 rings (SSSR count). The molecule has 0 radical (unpaired) electrons. The summed E-state index contributed by atoms with van der Waals surface area (Å²) in [6, 6.07) is 6.89. The Kier molecular flexibility index (Phi) is 5.56. The van der Waals surface area contributed by atoms with Crippen LogP contribution in [0.5, 0.6) is 0 Å². The fraction of sp³-hybridized carbons (Fsp3) is 0.385. The van der Waals surface area contributed by atoms with Gasteiger partial charge in [0.05, 0.1) is 0 Å². The molecular weight excluding hydrogens is 221 g/mol. The lowest BCUT2D eigenvalue weighted by Gasteiger charge is -2.11. The van der Waals surface area contributed by atoms with Gasteiger partial charge >= 0.3 is 0 Å². The zero-order valence-electron chi connectivity index (χ0n) is 9.58. The van der Waals surface area contributed by atoms with Crippen LogP contribution in [-0.4, -0.2) is 11.8 Å². The van der Waals surface area contributed by atoms with Crippen molar-refractivity contribution in [1.29, 1.82) is 0 Å². The summed E-state index contributed by atoms with van der Waals surface area (Å²) in [6.07, 6.45) is 1.86. The Morgan fingerprint density at radius 1 is 1.50 bits per heavy atom. The molecule has 2 N–H and O–H groups in total. The fourth-order valence-corrected chi connectivity index (χ4v) is 2.21. The molecule has 1 atom stereocenters. The average Bonchev–Trinajstić information content (AvgIpc) is 2.25. The summed E-state index contributed by atoms with van der Waals surface area (Å²) in [5.41, 5.74) is 7.08. The predicted molar refractivity (Wildman–Crippen MR) is 69.1 cm³/mol. The average molecular weight is 239 g/mol. The molecule has 0 spiro atoms. The van der Waals surface area contributed by atoms with Crippen LogP contribution < -0.4 is 5.73 Å². The third-order valence-corrected chi connectivity index (χ3v) is 3.47. The van der Waals surface area contributed by atoms with Gasteiger partial charge in [0.2, 0.25) is 0 Å². The molecule has 0 amide bonds. The molecule has 0 fully saturated rings. The van der Waals surface area contributed by atoms with Crippen molar-refractivity contribution < 1.29 is 4.39 Å². The minimum absolute atomic E-state index is 0.0984. The second kappa shape index (κ2) is 6.71. The number of hydrogen-bond acceptors (Lipinski definition) is 2. The van der Waals surface area contributed by atoms with E-state index in [1.54, 1.807) is 12.1 Å². The van der Waals surface area contributed by atoms with Gasteiger partial charge in [-0.15, -0.1) is 18.3 Å². The lowest BCUT2D eigenvalue weighted by molar-refractivity contribution is 0.601. The number of rotatable bonds is 6. The van der Waals surface area contributed by atoms with Gasteiger partial charge in [0.25, 0.3) is 0 Å². The van der Waals surface area contributed by atoms with E-state index in [-0.39, 0.29) is 11.9 Å². The molecule has 0 heterocycles.